The van der Waals surface area contributed by atoms with Crippen LogP contribution in [0.4, 0.5) is 13.2 Å². The standard InChI is InChI=1S/C61H57F3N4/c1-57(2,3)39-16-23-51-46(30-39)47-31-40(58(4,5)6)17-24-52(47)67(51)55-28-37(35-66)14-21-44(55)45-22-15-38(43-20-13-36(34-65)27-50(43)61(62,63)64)29-56(45)68-53-25-18-41(59(7,8)9)32-48(53)49-33-42(60(10,11)12)19-26-54(49)68/h13-33H,1-12H3. The highest BCUT2D eigenvalue weighted by Gasteiger charge is 2.35. The minimum absolute atomic E-state index is 0.0261. The Hall–Kier alpha value is -7.09. The van der Waals surface area contributed by atoms with Crippen LogP contribution in [0.2, 0.25) is 0 Å². The highest BCUT2D eigenvalue weighted by Crippen LogP contribution is 2.46. The number of alkyl halides is 3. The zero-order valence-electron chi connectivity index (χ0n) is 41.0. The van der Waals surface area contributed by atoms with E-state index in [-0.39, 0.29) is 32.8 Å². The molecule has 7 heteroatoms. The second kappa shape index (κ2) is 15.7. The van der Waals surface area contributed by atoms with Gasteiger partial charge in [0.05, 0.1) is 62.3 Å². The second-order valence-corrected chi connectivity index (χ2v) is 22.5. The summed E-state index contributed by atoms with van der Waals surface area (Å²) >= 11 is 0. The number of nitriles is 2. The molecule has 0 saturated carbocycles. The van der Waals surface area contributed by atoms with Crippen LogP contribution in [0.25, 0.3) is 77.2 Å². The normalized spacial score (nSPS) is 12.9. The summed E-state index contributed by atoms with van der Waals surface area (Å²) in [6, 6.07) is 45.7. The van der Waals surface area contributed by atoms with E-state index in [9.17, 15) is 10.5 Å². The summed E-state index contributed by atoms with van der Waals surface area (Å²) in [4.78, 5) is 0. The van der Waals surface area contributed by atoms with Gasteiger partial charge in [-0.1, -0.05) is 132 Å². The summed E-state index contributed by atoms with van der Waals surface area (Å²) < 4.78 is 49.5. The van der Waals surface area contributed by atoms with Crippen LogP contribution in [-0.4, -0.2) is 9.13 Å². The smallest absolute Gasteiger partial charge is 0.309 e. The molecule has 7 aromatic carbocycles. The second-order valence-electron chi connectivity index (χ2n) is 22.5. The van der Waals surface area contributed by atoms with Crippen LogP contribution < -0.4 is 0 Å². The third-order valence-corrected chi connectivity index (χ3v) is 13.7. The summed E-state index contributed by atoms with van der Waals surface area (Å²) in [5, 5.41) is 24.5. The van der Waals surface area contributed by atoms with Crippen molar-refractivity contribution < 1.29 is 13.2 Å². The third-order valence-electron chi connectivity index (χ3n) is 13.7. The first-order chi connectivity index (χ1) is 31.8. The lowest BCUT2D eigenvalue weighted by atomic mass is 9.85. The monoisotopic (exact) mass is 902 g/mol. The zero-order chi connectivity index (χ0) is 49.0. The summed E-state index contributed by atoms with van der Waals surface area (Å²) in [6.45, 7) is 26.5. The first kappa shape index (κ1) is 46.0. The largest absolute Gasteiger partial charge is 0.417 e. The van der Waals surface area contributed by atoms with Crippen LogP contribution >= 0.6 is 0 Å². The van der Waals surface area contributed by atoms with Crippen molar-refractivity contribution in [2.75, 3.05) is 0 Å². The van der Waals surface area contributed by atoms with Gasteiger partial charge < -0.3 is 9.13 Å². The fraction of sp³-hybridized carbons (Fsp3) is 0.279. The van der Waals surface area contributed by atoms with Gasteiger partial charge in [-0.3, -0.25) is 0 Å². The lowest BCUT2D eigenvalue weighted by Crippen LogP contribution is -2.10. The Morgan fingerprint density at radius 2 is 0.691 bits per heavy atom. The fourth-order valence-corrected chi connectivity index (χ4v) is 9.66. The van der Waals surface area contributed by atoms with E-state index in [0.717, 1.165) is 77.6 Å². The highest BCUT2D eigenvalue weighted by atomic mass is 19.4. The minimum Gasteiger partial charge on any atom is -0.309 e. The van der Waals surface area contributed by atoms with Crippen molar-refractivity contribution in [1.82, 2.24) is 9.13 Å². The Balaban J connectivity index is 1.44. The van der Waals surface area contributed by atoms with Crippen molar-refractivity contribution >= 4 is 43.6 Å². The summed E-state index contributed by atoms with van der Waals surface area (Å²) in [6.07, 6.45) is -4.73. The molecular formula is C61H57F3N4. The van der Waals surface area contributed by atoms with Gasteiger partial charge in [0.15, 0.2) is 0 Å². The van der Waals surface area contributed by atoms with Crippen molar-refractivity contribution in [2.45, 2.75) is 111 Å². The predicted octanol–water partition coefficient (Wildman–Crippen LogP) is 17.2. The average Bonchev–Trinajstić information content (AvgIpc) is 3.78. The Morgan fingerprint density at radius 3 is 1.03 bits per heavy atom. The predicted molar refractivity (Wildman–Crippen MR) is 275 cm³/mol. The number of aromatic nitrogens is 2. The SMILES string of the molecule is CC(C)(C)c1ccc2c(c1)c1cc(C(C)(C)C)ccc1n2-c1cc(C#N)ccc1-c1ccc(-c2ccc(C#N)cc2C(F)(F)F)cc1-n1c2ccc(C(C)(C)C)cc2c2cc(C(C)(C)C)ccc21. The van der Waals surface area contributed by atoms with Crippen molar-refractivity contribution in [3.63, 3.8) is 0 Å². The number of hydrogen-bond acceptors (Lipinski definition) is 2. The molecule has 0 aliphatic rings. The zero-order valence-corrected chi connectivity index (χ0v) is 41.0. The van der Waals surface area contributed by atoms with E-state index in [1.165, 1.54) is 23.3 Å². The van der Waals surface area contributed by atoms with E-state index < -0.39 is 11.7 Å². The number of halogens is 3. The Kier molecular flexibility index (Phi) is 10.7. The molecule has 68 heavy (non-hydrogen) atoms. The maximum atomic E-state index is 15.0. The van der Waals surface area contributed by atoms with E-state index in [0.29, 0.717) is 16.8 Å². The molecule has 0 unspecified atom stereocenters. The summed E-state index contributed by atoms with van der Waals surface area (Å²) in [5.74, 6) is 0. The van der Waals surface area contributed by atoms with Crippen LogP contribution in [0.3, 0.4) is 0 Å². The molecule has 0 bridgehead atoms. The number of benzene rings is 7. The molecule has 0 saturated heterocycles. The van der Waals surface area contributed by atoms with Gasteiger partial charge in [0.1, 0.15) is 0 Å². The summed E-state index contributed by atoms with van der Waals surface area (Å²) in [5.41, 5.74) is 10.8. The molecule has 0 amide bonds. The molecule has 0 fully saturated rings. The minimum atomic E-state index is -4.73. The average molecular weight is 903 g/mol. The summed E-state index contributed by atoms with van der Waals surface area (Å²) in [7, 11) is 0. The van der Waals surface area contributed by atoms with Gasteiger partial charge in [-0.15, -0.1) is 0 Å². The quantitative estimate of drug-likeness (QED) is 0.177. The van der Waals surface area contributed by atoms with E-state index in [4.69, 9.17) is 0 Å². The van der Waals surface area contributed by atoms with Crippen molar-refractivity contribution in [2.24, 2.45) is 0 Å². The van der Waals surface area contributed by atoms with Gasteiger partial charge in [0, 0.05) is 32.7 Å². The lowest BCUT2D eigenvalue weighted by molar-refractivity contribution is -0.137. The maximum absolute atomic E-state index is 15.0. The van der Waals surface area contributed by atoms with Crippen LogP contribution in [0.5, 0.6) is 0 Å². The number of nitrogens with zero attached hydrogens (tertiary/aromatic N) is 4. The van der Waals surface area contributed by atoms with E-state index in [1.807, 2.05) is 36.4 Å². The number of fused-ring (bicyclic) bond motifs is 6. The third kappa shape index (κ3) is 7.92. The molecule has 0 radical (unpaired) electrons. The van der Waals surface area contributed by atoms with Crippen LogP contribution in [0.15, 0.2) is 127 Å². The van der Waals surface area contributed by atoms with Crippen LogP contribution in [0.1, 0.15) is 122 Å². The Labute approximate surface area is 397 Å². The van der Waals surface area contributed by atoms with Crippen LogP contribution in [0, 0.1) is 22.7 Å². The molecule has 0 spiro atoms. The molecule has 0 aliphatic heterocycles. The van der Waals surface area contributed by atoms with Gasteiger partial charge in [0.25, 0.3) is 0 Å². The molecule has 9 rings (SSSR count). The lowest BCUT2D eigenvalue weighted by Gasteiger charge is -2.22. The van der Waals surface area contributed by atoms with Crippen LogP contribution in [-0.2, 0) is 27.8 Å². The molecule has 0 aliphatic carbocycles. The van der Waals surface area contributed by atoms with Gasteiger partial charge in [-0.05, 0) is 134 Å². The first-order valence-corrected chi connectivity index (χ1v) is 23.3. The molecular weight excluding hydrogens is 846 g/mol. The van der Waals surface area contributed by atoms with E-state index >= 15 is 13.2 Å². The number of rotatable bonds is 4. The molecule has 4 nitrogen and oxygen atoms in total. The molecule has 2 heterocycles. The maximum Gasteiger partial charge on any atom is 0.417 e. The molecule has 9 aromatic rings. The molecule has 0 atom stereocenters. The number of hydrogen-bond donors (Lipinski definition) is 0. The van der Waals surface area contributed by atoms with Gasteiger partial charge >= 0.3 is 6.18 Å². The fourth-order valence-electron chi connectivity index (χ4n) is 9.66. The van der Waals surface area contributed by atoms with E-state index in [2.05, 4.69) is 171 Å². The molecule has 0 N–H and O–H groups in total. The highest BCUT2D eigenvalue weighted by molar-refractivity contribution is 6.12. The Bertz CT molecular complexity index is 3470. The van der Waals surface area contributed by atoms with Gasteiger partial charge in [-0.2, -0.15) is 23.7 Å². The van der Waals surface area contributed by atoms with E-state index in [1.54, 1.807) is 6.07 Å². The topological polar surface area (TPSA) is 57.4 Å². The first-order valence-electron chi connectivity index (χ1n) is 23.3. The van der Waals surface area contributed by atoms with Crippen molar-refractivity contribution in [3.05, 3.63) is 166 Å². The van der Waals surface area contributed by atoms with Crippen molar-refractivity contribution in [3.8, 4) is 45.8 Å². The van der Waals surface area contributed by atoms with Crippen molar-refractivity contribution in [1.29, 1.82) is 10.5 Å². The molecule has 2 aromatic heterocycles. The molecule has 342 valence electrons. The van der Waals surface area contributed by atoms with Gasteiger partial charge in [-0.25, -0.2) is 0 Å². The Morgan fingerprint density at radius 1 is 0.368 bits per heavy atom. The van der Waals surface area contributed by atoms with Gasteiger partial charge in [0.2, 0.25) is 0 Å².